The Labute approximate surface area is 129 Å². The number of aryl methyl sites for hydroxylation is 2. The molecule has 114 valence electrons. The van der Waals surface area contributed by atoms with Gasteiger partial charge in [-0.3, -0.25) is 4.79 Å². The van der Waals surface area contributed by atoms with Crippen LogP contribution in [0.25, 0.3) is 5.69 Å². The maximum absolute atomic E-state index is 14.2. The molecule has 1 heterocycles. The molecule has 2 rings (SSSR count). The molecule has 1 aromatic carbocycles. The van der Waals surface area contributed by atoms with Crippen LogP contribution in [-0.4, -0.2) is 21.0 Å². The third kappa shape index (κ3) is 2.73. The molecular weight excluding hydrogens is 313 g/mol. The number of terminal acetylenes is 1. The summed E-state index contributed by atoms with van der Waals surface area (Å²) >= 11 is 5.85. The first-order chi connectivity index (χ1) is 10.4. The maximum atomic E-state index is 14.2. The van der Waals surface area contributed by atoms with Gasteiger partial charge >= 0.3 is 5.69 Å². The fraction of sp³-hybridized carbons (Fsp3) is 0.214. The second-order valence-corrected chi connectivity index (χ2v) is 4.77. The summed E-state index contributed by atoms with van der Waals surface area (Å²) in [5.74, 6) is 1.46. The highest BCUT2D eigenvalue weighted by molar-refractivity contribution is 6.32. The van der Waals surface area contributed by atoms with E-state index in [2.05, 4.69) is 11.0 Å². The molecule has 0 amide bonds. The zero-order valence-electron chi connectivity index (χ0n) is 11.8. The van der Waals surface area contributed by atoms with E-state index in [1.165, 1.54) is 14.0 Å². The van der Waals surface area contributed by atoms with Crippen molar-refractivity contribution in [2.24, 2.45) is 7.05 Å². The summed E-state index contributed by atoms with van der Waals surface area (Å²) in [6.45, 7) is 1.33. The molecule has 0 radical (unpaired) electrons. The van der Waals surface area contributed by atoms with Gasteiger partial charge in [0.05, 0.1) is 10.7 Å². The van der Waals surface area contributed by atoms with Crippen molar-refractivity contribution in [3.05, 3.63) is 49.5 Å². The van der Waals surface area contributed by atoms with Crippen LogP contribution in [-0.2, 0) is 7.05 Å². The normalized spacial score (nSPS) is 10.3. The zero-order chi connectivity index (χ0) is 16.4. The van der Waals surface area contributed by atoms with Crippen molar-refractivity contribution >= 4 is 11.6 Å². The number of hydrogen-bond donors (Lipinski definition) is 0. The molecule has 0 saturated carbocycles. The fourth-order valence-corrected chi connectivity index (χ4v) is 2.04. The molecule has 2 aromatic rings. The van der Waals surface area contributed by atoms with E-state index in [0.717, 1.165) is 16.8 Å². The van der Waals surface area contributed by atoms with Gasteiger partial charge in [-0.15, -0.1) is 6.42 Å². The van der Waals surface area contributed by atoms with Crippen molar-refractivity contribution in [2.45, 2.75) is 6.92 Å². The highest BCUT2D eigenvalue weighted by atomic mass is 35.5. The summed E-state index contributed by atoms with van der Waals surface area (Å²) in [7, 11) is 1.36. The first-order valence-corrected chi connectivity index (χ1v) is 6.47. The lowest BCUT2D eigenvalue weighted by molar-refractivity contribution is 0.369. The summed E-state index contributed by atoms with van der Waals surface area (Å²) in [5, 5.41) is 3.72. The molecular formula is C14H11ClFN3O3. The number of hydrogen-bond acceptors (Lipinski definition) is 4. The van der Waals surface area contributed by atoms with E-state index >= 15 is 0 Å². The topological polar surface area (TPSA) is 66.1 Å². The molecule has 0 aliphatic heterocycles. The number of benzene rings is 1. The molecule has 0 atom stereocenters. The minimum absolute atomic E-state index is 0.0212. The van der Waals surface area contributed by atoms with Gasteiger partial charge in [0.25, 0.3) is 5.56 Å². The van der Waals surface area contributed by atoms with E-state index in [1.54, 1.807) is 0 Å². The first kappa shape index (κ1) is 15.8. The Balaban J connectivity index is 2.76. The second-order valence-electron chi connectivity index (χ2n) is 4.36. The Hall–Kier alpha value is -2.59. The van der Waals surface area contributed by atoms with E-state index in [1.807, 2.05) is 0 Å². The Morgan fingerprint density at radius 1 is 1.45 bits per heavy atom. The number of nitrogens with zero attached hydrogens (tertiary/aromatic N) is 3. The predicted molar refractivity (Wildman–Crippen MR) is 79.1 cm³/mol. The number of aromatic nitrogens is 3. The predicted octanol–water partition coefficient (Wildman–Crippen LogP) is 1.04. The van der Waals surface area contributed by atoms with E-state index in [4.69, 9.17) is 22.8 Å². The molecule has 1 aromatic heterocycles. The highest BCUT2D eigenvalue weighted by Crippen LogP contribution is 2.28. The van der Waals surface area contributed by atoms with Crippen molar-refractivity contribution in [3.8, 4) is 23.8 Å². The Kier molecular flexibility index (Phi) is 4.33. The summed E-state index contributed by atoms with van der Waals surface area (Å²) in [4.78, 5) is 24.2. The van der Waals surface area contributed by atoms with Gasteiger partial charge in [0.15, 0.2) is 0 Å². The van der Waals surface area contributed by atoms with Crippen molar-refractivity contribution < 1.29 is 9.13 Å². The van der Waals surface area contributed by atoms with Crippen LogP contribution in [0.5, 0.6) is 5.75 Å². The lowest BCUT2D eigenvalue weighted by Crippen LogP contribution is -2.41. The highest BCUT2D eigenvalue weighted by Gasteiger charge is 2.17. The van der Waals surface area contributed by atoms with Gasteiger partial charge in [-0.1, -0.05) is 17.5 Å². The van der Waals surface area contributed by atoms with E-state index in [0.29, 0.717) is 4.57 Å². The van der Waals surface area contributed by atoms with Crippen molar-refractivity contribution in [2.75, 3.05) is 6.61 Å². The maximum Gasteiger partial charge on any atom is 0.351 e. The smallest absolute Gasteiger partial charge is 0.351 e. The third-order valence-electron chi connectivity index (χ3n) is 2.83. The van der Waals surface area contributed by atoms with Gasteiger partial charge < -0.3 is 4.74 Å². The average molecular weight is 324 g/mol. The summed E-state index contributed by atoms with van der Waals surface area (Å²) in [6.07, 6.45) is 5.08. The Bertz CT molecular complexity index is 862. The molecule has 0 saturated heterocycles. The summed E-state index contributed by atoms with van der Waals surface area (Å²) < 4.78 is 20.9. The third-order valence-corrected chi connectivity index (χ3v) is 3.13. The number of rotatable bonds is 3. The van der Waals surface area contributed by atoms with Gasteiger partial charge in [0.1, 0.15) is 23.9 Å². The summed E-state index contributed by atoms with van der Waals surface area (Å²) in [5.41, 5.74) is -1.76. The van der Waals surface area contributed by atoms with Gasteiger partial charge in [-0.05, 0) is 13.0 Å². The Morgan fingerprint density at radius 3 is 2.77 bits per heavy atom. The van der Waals surface area contributed by atoms with Crippen molar-refractivity contribution in [1.29, 1.82) is 0 Å². The second kappa shape index (κ2) is 6.03. The molecule has 0 bridgehead atoms. The average Bonchev–Trinajstić information content (AvgIpc) is 2.46. The Morgan fingerprint density at radius 2 is 2.14 bits per heavy atom. The van der Waals surface area contributed by atoms with E-state index in [9.17, 15) is 14.0 Å². The van der Waals surface area contributed by atoms with Gasteiger partial charge in [-0.2, -0.15) is 5.10 Å². The van der Waals surface area contributed by atoms with Crippen LogP contribution in [0, 0.1) is 25.1 Å². The molecule has 6 nitrogen and oxygen atoms in total. The van der Waals surface area contributed by atoms with Crippen LogP contribution in [0.2, 0.25) is 5.02 Å². The molecule has 0 aliphatic rings. The standard InChI is InChI=1S/C14H11ClFN3O3/c1-4-5-22-12-7-11(10(16)6-9(12)15)19-13(20)8(2)17-18(3)14(19)21/h1,6-7H,5H2,2-3H3. The lowest BCUT2D eigenvalue weighted by Gasteiger charge is -2.12. The molecule has 0 aliphatic carbocycles. The van der Waals surface area contributed by atoms with E-state index in [-0.39, 0.29) is 28.8 Å². The SMILES string of the molecule is C#CCOc1cc(-n2c(=O)c(C)nn(C)c2=O)c(F)cc1Cl. The molecule has 8 heteroatoms. The van der Waals surface area contributed by atoms with Crippen molar-refractivity contribution in [1.82, 2.24) is 14.3 Å². The monoisotopic (exact) mass is 323 g/mol. The van der Waals surface area contributed by atoms with Gasteiger partial charge in [0.2, 0.25) is 0 Å². The molecule has 0 spiro atoms. The minimum atomic E-state index is -0.845. The van der Waals surface area contributed by atoms with E-state index < -0.39 is 17.1 Å². The van der Waals surface area contributed by atoms with Crippen LogP contribution in [0.15, 0.2) is 21.7 Å². The molecule has 22 heavy (non-hydrogen) atoms. The molecule has 0 N–H and O–H groups in total. The lowest BCUT2D eigenvalue weighted by atomic mass is 10.2. The zero-order valence-corrected chi connectivity index (χ0v) is 12.5. The summed E-state index contributed by atoms with van der Waals surface area (Å²) in [6, 6.07) is 2.10. The fourth-order valence-electron chi connectivity index (χ4n) is 1.84. The number of ether oxygens (including phenoxy) is 1. The van der Waals surface area contributed by atoms with Crippen LogP contribution in [0.1, 0.15) is 5.69 Å². The largest absolute Gasteiger partial charge is 0.479 e. The first-order valence-electron chi connectivity index (χ1n) is 6.09. The molecule has 0 fully saturated rings. The van der Waals surface area contributed by atoms with Gasteiger partial charge in [-0.25, -0.2) is 18.4 Å². The van der Waals surface area contributed by atoms with Crippen LogP contribution in [0.3, 0.4) is 0 Å². The van der Waals surface area contributed by atoms with Crippen LogP contribution in [0.4, 0.5) is 4.39 Å². The molecule has 0 unspecified atom stereocenters. The quantitative estimate of drug-likeness (QED) is 0.792. The van der Waals surface area contributed by atoms with Crippen molar-refractivity contribution in [3.63, 3.8) is 0 Å². The number of halogens is 2. The minimum Gasteiger partial charge on any atom is -0.479 e. The van der Waals surface area contributed by atoms with Crippen LogP contribution < -0.4 is 16.0 Å². The van der Waals surface area contributed by atoms with Crippen LogP contribution >= 0.6 is 11.6 Å². The van der Waals surface area contributed by atoms with Gasteiger partial charge in [0, 0.05) is 13.1 Å².